The zero-order chi connectivity index (χ0) is 15.1. The molecular weight excluding hydrogens is 304 g/mol. The summed E-state index contributed by atoms with van der Waals surface area (Å²) in [5.41, 5.74) is 0.720. The fourth-order valence-electron chi connectivity index (χ4n) is 1.87. The van der Waals surface area contributed by atoms with Gasteiger partial charge in [0, 0.05) is 5.02 Å². The molecule has 0 saturated carbocycles. The van der Waals surface area contributed by atoms with Crippen molar-refractivity contribution in [2.24, 2.45) is 0 Å². The summed E-state index contributed by atoms with van der Waals surface area (Å²) in [5.74, 6) is -0.00187. The Morgan fingerprint density at radius 3 is 2.50 bits per heavy atom. The van der Waals surface area contributed by atoms with E-state index in [9.17, 15) is 13.5 Å². The Labute approximate surface area is 121 Å². The van der Waals surface area contributed by atoms with Gasteiger partial charge in [-0.05, 0) is 38.5 Å². The first-order valence-electron chi connectivity index (χ1n) is 5.67. The van der Waals surface area contributed by atoms with Gasteiger partial charge in [-0.15, -0.1) is 0 Å². The largest absolute Gasteiger partial charge is 0.505 e. The van der Waals surface area contributed by atoms with Gasteiger partial charge < -0.3 is 9.63 Å². The molecule has 0 aliphatic heterocycles. The molecule has 2 rings (SSSR count). The standard InChI is InChI=1S/C12H13ClN2O4S/c1-6-4-9(13)5-10(11(6)16)15-20(17,18)12-7(2)14-19-8(12)3/h4-5,15-16H,1-3H3. The SMILES string of the molecule is Cc1cc(Cl)cc(NS(=O)(=O)c2c(C)noc2C)c1O. The van der Waals surface area contributed by atoms with Crippen LogP contribution < -0.4 is 4.72 Å². The lowest BCUT2D eigenvalue weighted by Crippen LogP contribution is -2.14. The van der Waals surface area contributed by atoms with E-state index in [-0.39, 0.29) is 27.8 Å². The molecule has 2 aromatic rings. The molecule has 0 radical (unpaired) electrons. The Kier molecular flexibility index (Phi) is 3.66. The number of benzene rings is 1. The van der Waals surface area contributed by atoms with Crippen LogP contribution in [0, 0.1) is 20.8 Å². The van der Waals surface area contributed by atoms with E-state index in [1.807, 2.05) is 0 Å². The Balaban J connectivity index is 2.49. The van der Waals surface area contributed by atoms with Gasteiger partial charge in [0.15, 0.2) is 10.7 Å². The van der Waals surface area contributed by atoms with Gasteiger partial charge in [0.1, 0.15) is 11.4 Å². The molecular formula is C12H13ClN2O4S. The maximum atomic E-state index is 12.3. The van der Waals surface area contributed by atoms with E-state index >= 15 is 0 Å². The molecule has 2 N–H and O–H groups in total. The minimum atomic E-state index is -3.91. The number of phenols is 1. The molecule has 20 heavy (non-hydrogen) atoms. The van der Waals surface area contributed by atoms with Crippen molar-refractivity contribution in [3.63, 3.8) is 0 Å². The second-order valence-corrected chi connectivity index (χ2v) is 6.43. The molecule has 1 aromatic heterocycles. The predicted octanol–water partition coefficient (Wildman–Crippen LogP) is 2.76. The van der Waals surface area contributed by atoms with Crippen molar-refractivity contribution in [2.45, 2.75) is 25.7 Å². The molecule has 0 bridgehead atoms. The molecule has 1 aromatic carbocycles. The highest BCUT2D eigenvalue weighted by Crippen LogP contribution is 2.33. The van der Waals surface area contributed by atoms with Crippen LogP contribution >= 0.6 is 11.6 Å². The Bertz CT molecular complexity index is 749. The first kappa shape index (κ1) is 14.7. The van der Waals surface area contributed by atoms with Gasteiger partial charge in [0.25, 0.3) is 10.0 Å². The zero-order valence-electron chi connectivity index (χ0n) is 11.1. The second kappa shape index (κ2) is 4.99. The van der Waals surface area contributed by atoms with Crippen LogP contribution in [0.3, 0.4) is 0 Å². The number of hydrogen-bond donors (Lipinski definition) is 2. The molecule has 0 aliphatic rings. The predicted molar refractivity (Wildman–Crippen MR) is 74.6 cm³/mol. The van der Waals surface area contributed by atoms with Gasteiger partial charge in [-0.3, -0.25) is 4.72 Å². The number of sulfonamides is 1. The highest BCUT2D eigenvalue weighted by Gasteiger charge is 2.25. The van der Waals surface area contributed by atoms with Gasteiger partial charge >= 0.3 is 0 Å². The summed E-state index contributed by atoms with van der Waals surface area (Å²) >= 11 is 5.86. The first-order chi connectivity index (χ1) is 9.22. The molecule has 108 valence electrons. The van der Waals surface area contributed by atoms with Crippen molar-refractivity contribution < 1.29 is 18.0 Å². The van der Waals surface area contributed by atoms with Crippen LogP contribution in [0.15, 0.2) is 21.6 Å². The smallest absolute Gasteiger partial charge is 0.267 e. The van der Waals surface area contributed by atoms with Crippen molar-refractivity contribution >= 4 is 27.3 Å². The average molecular weight is 317 g/mol. The lowest BCUT2D eigenvalue weighted by Gasteiger charge is -2.11. The quantitative estimate of drug-likeness (QED) is 0.849. The van der Waals surface area contributed by atoms with Gasteiger partial charge in [-0.1, -0.05) is 16.8 Å². The topological polar surface area (TPSA) is 92.4 Å². The number of rotatable bonds is 3. The van der Waals surface area contributed by atoms with Crippen molar-refractivity contribution in [3.05, 3.63) is 34.2 Å². The number of aromatic hydroxyl groups is 1. The number of halogens is 1. The lowest BCUT2D eigenvalue weighted by molar-refractivity contribution is 0.390. The van der Waals surface area contributed by atoms with E-state index < -0.39 is 10.0 Å². The summed E-state index contributed by atoms with van der Waals surface area (Å²) in [6, 6.07) is 2.87. The van der Waals surface area contributed by atoms with Crippen LogP contribution in [0.2, 0.25) is 5.02 Å². The van der Waals surface area contributed by atoms with Crippen LogP contribution in [0.5, 0.6) is 5.75 Å². The van der Waals surface area contributed by atoms with E-state index in [0.717, 1.165) is 0 Å². The third-order valence-electron chi connectivity index (χ3n) is 2.75. The third kappa shape index (κ3) is 2.59. The third-order valence-corrected chi connectivity index (χ3v) is 4.57. The van der Waals surface area contributed by atoms with E-state index in [4.69, 9.17) is 16.1 Å². The highest BCUT2D eigenvalue weighted by atomic mass is 35.5. The minimum absolute atomic E-state index is 0.00926. The van der Waals surface area contributed by atoms with Gasteiger partial charge in [-0.25, -0.2) is 8.42 Å². The molecule has 0 aliphatic carbocycles. The number of anilines is 1. The van der Waals surface area contributed by atoms with E-state index in [2.05, 4.69) is 9.88 Å². The molecule has 0 fully saturated rings. The fourth-order valence-corrected chi connectivity index (χ4v) is 3.53. The maximum absolute atomic E-state index is 12.3. The van der Waals surface area contributed by atoms with Crippen LogP contribution in [0.4, 0.5) is 5.69 Å². The Morgan fingerprint density at radius 2 is 1.95 bits per heavy atom. The number of nitrogens with zero attached hydrogens (tertiary/aromatic N) is 1. The van der Waals surface area contributed by atoms with Crippen molar-refractivity contribution in [3.8, 4) is 5.75 Å². The molecule has 6 nitrogen and oxygen atoms in total. The summed E-state index contributed by atoms with van der Waals surface area (Å²) in [6.07, 6.45) is 0. The van der Waals surface area contributed by atoms with Crippen LogP contribution in [-0.2, 0) is 10.0 Å². The average Bonchev–Trinajstić information content (AvgIpc) is 2.65. The van der Waals surface area contributed by atoms with Crippen LogP contribution in [-0.4, -0.2) is 18.7 Å². The number of nitrogens with one attached hydrogen (secondary N) is 1. The van der Waals surface area contributed by atoms with Crippen molar-refractivity contribution in [1.82, 2.24) is 5.16 Å². The van der Waals surface area contributed by atoms with Crippen molar-refractivity contribution in [1.29, 1.82) is 0 Å². The molecule has 1 heterocycles. The van der Waals surface area contributed by atoms with E-state index in [1.54, 1.807) is 6.92 Å². The minimum Gasteiger partial charge on any atom is -0.505 e. The summed E-state index contributed by atoms with van der Waals surface area (Å²) in [5, 5.41) is 13.8. The van der Waals surface area contributed by atoms with Gasteiger partial charge in [0.05, 0.1) is 5.69 Å². The fraction of sp³-hybridized carbons (Fsp3) is 0.250. The molecule has 0 unspecified atom stereocenters. The zero-order valence-corrected chi connectivity index (χ0v) is 12.6. The normalized spacial score (nSPS) is 11.6. The Hall–Kier alpha value is -1.73. The van der Waals surface area contributed by atoms with Gasteiger partial charge in [0.2, 0.25) is 0 Å². The summed E-state index contributed by atoms with van der Waals surface area (Å²) < 4.78 is 31.8. The molecule has 0 atom stereocenters. The summed E-state index contributed by atoms with van der Waals surface area (Å²) in [6.45, 7) is 4.64. The molecule has 0 amide bonds. The molecule has 8 heteroatoms. The number of hydrogen-bond acceptors (Lipinski definition) is 5. The summed E-state index contributed by atoms with van der Waals surface area (Å²) in [7, 11) is -3.91. The lowest BCUT2D eigenvalue weighted by atomic mass is 10.2. The Morgan fingerprint density at radius 1 is 1.30 bits per heavy atom. The number of aryl methyl sites for hydroxylation is 3. The van der Waals surface area contributed by atoms with Crippen LogP contribution in [0.1, 0.15) is 17.0 Å². The van der Waals surface area contributed by atoms with E-state index in [0.29, 0.717) is 10.6 Å². The van der Waals surface area contributed by atoms with Crippen LogP contribution in [0.25, 0.3) is 0 Å². The molecule has 0 saturated heterocycles. The monoisotopic (exact) mass is 316 g/mol. The van der Waals surface area contributed by atoms with E-state index in [1.165, 1.54) is 26.0 Å². The summed E-state index contributed by atoms with van der Waals surface area (Å²) in [4.78, 5) is -0.0467. The second-order valence-electron chi connectivity index (χ2n) is 4.38. The maximum Gasteiger partial charge on any atom is 0.267 e. The number of phenolic OH excluding ortho intramolecular Hbond substituents is 1. The number of aromatic nitrogens is 1. The molecule has 0 spiro atoms. The van der Waals surface area contributed by atoms with Crippen molar-refractivity contribution in [2.75, 3.05) is 4.72 Å². The first-order valence-corrected chi connectivity index (χ1v) is 7.53. The highest BCUT2D eigenvalue weighted by molar-refractivity contribution is 7.92. The van der Waals surface area contributed by atoms with Gasteiger partial charge in [-0.2, -0.15) is 0 Å².